The van der Waals surface area contributed by atoms with Gasteiger partial charge in [0.1, 0.15) is 0 Å². The third kappa shape index (κ3) is 3.60. The van der Waals surface area contributed by atoms with E-state index in [2.05, 4.69) is 4.98 Å². The number of aryl methyl sites for hydroxylation is 1. The Morgan fingerprint density at radius 2 is 2.20 bits per heavy atom. The number of benzene rings is 1. The summed E-state index contributed by atoms with van der Waals surface area (Å²) in [4.78, 5) is 15.3. The average Bonchev–Trinajstić information content (AvgIpc) is 2.96. The minimum Gasteiger partial charge on any atom is -0.493 e. The number of imidazole rings is 1. The summed E-state index contributed by atoms with van der Waals surface area (Å²) in [7, 11) is 1.57. The van der Waals surface area contributed by atoms with Crippen molar-refractivity contribution in [2.24, 2.45) is 0 Å². The van der Waals surface area contributed by atoms with Crippen molar-refractivity contribution in [3.05, 3.63) is 42.5 Å². The van der Waals surface area contributed by atoms with Gasteiger partial charge in [-0.05, 0) is 31.5 Å². The van der Waals surface area contributed by atoms with Crippen LogP contribution in [0.2, 0.25) is 0 Å². The van der Waals surface area contributed by atoms with Crippen LogP contribution in [-0.4, -0.2) is 29.1 Å². The minimum absolute atomic E-state index is 0.00922. The molecule has 1 aromatic heterocycles. The fourth-order valence-electron chi connectivity index (χ4n) is 1.85. The Labute approximate surface area is 118 Å². The lowest BCUT2D eigenvalue weighted by Gasteiger charge is -2.11. The summed E-state index contributed by atoms with van der Waals surface area (Å²) in [5, 5.41) is 0. The molecule has 0 unspecified atom stereocenters. The number of hydrogen-bond acceptors (Lipinski definition) is 4. The zero-order chi connectivity index (χ0) is 14.4. The summed E-state index contributed by atoms with van der Waals surface area (Å²) in [5.41, 5.74) is 0.618. The van der Waals surface area contributed by atoms with E-state index >= 15 is 0 Å². The number of ketones is 1. The molecule has 5 heteroatoms. The molecule has 2 rings (SSSR count). The largest absolute Gasteiger partial charge is 0.493 e. The Balaban J connectivity index is 1.90. The lowest BCUT2D eigenvalue weighted by atomic mass is 10.1. The summed E-state index contributed by atoms with van der Waals surface area (Å²) in [6.07, 6.45) is 6.32. The second-order valence-electron chi connectivity index (χ2n) is 4.42. The van der Waals surface area contributed by atoms with Gasteiger partial charge in [0.2, 0.25) is 0 Å². The molecule has 0 spiro atoms. The number of nitrogens with zero attached hydrogens (tertiary/aromatic N) is 2. The summed E-state index contributed by atoms with van der Waals surface area (Å²) in [6, 6.07) is 5.22. The van der Waals surface area contributed by atoms with E-state index in [1.54, 1.807) is 37.8 Å². The molecule has 0 bridgehead atoms. The fourth-order valence-corrected chi connectivity index (χ4v) is 1.85. The smallest absolute Gasteiger partial charge is 0.161 e. The van der Waals surface area contributed by atoms with Crippen molar-refractivity contribution in [1.29, 1.82) is 0 Å². The molecule has 5 nitrogen and oxygen atoms in total. The first kappa shape index (κ1) is 14.1. The number of methoxy groups -OCH3 is 1. The first-order valence-electron chi connectivity index (χ1n) is 6.48. The van der Waals surface area contributed by atoms with Gasteiger partial charge in [0.05, 0.1) is 20.0 Å². The molecular formula is C15H18N2O3. The zero-order valence-corrected chi connectivity index (χ0v) is 11.7. The van der Waals surface area contributed by atoms with Crippen LogP contribution in [0, 0.1) is 0 Å². The van der Waals surface area contributed by atoms with Gasteiger partial charge in [-0.1, -0.05) is 0 Å². The van der Waals surface area contributed by atoms with Crippen molar-refractivity contribution >= 4 is 5.78 Å². The Morgan fingerprint density at radius 1 is 1.35 bits per heavy atom. The van der Waals surface area contributed by atoms with E-state index in [0.717, 1.165) is 13.0 Å². The molecule has 0 saturated carbocycles. The molecule has 0 aliphatic carbocycles. The van der Waals surface area contributed by atoms with E-state index in [-0.39, 0.29) is 5.78 Å². The number of aromatic nitrogens is 2. The van der Waals surface area contributed by atoms with E-state index in [1.807, 2.05) is 10.8 Å². The molecule has 0 aliphatic rings. The first-order chi connectivity index (χ1) is 9.70. The van der Waals surface area contributed by atoms with Crippen molar-refractivity contribution in [3.63, 3.8) is 0 Å². The molecule has 0 aliphatic heterocycles. The van der Waals surface area contributed by atoms with Crippen LogP contribution in [0.4, 0.5) is 0 Å². The van der Waals surface area contributed by atoms with E-state index in [9.17, 15) is 4.79 Å². The maximum absolute atomic E-state index is 11.3. The van der Waals surface area contributed by atoms with Gasteiger partial charge in [-0.3, -0.25) is 4.79 Å². The molecule has 0 fully saturated rings. The van der Waals surface area contributed by atoms with Crippen LogP contribution >= 0.6 is 0 Å². The summed E-state index contributed by atoms with van der Waals surface area (Å²) < 4.78 is 12.9. The molecule has 0 radical (unpaired) electrons. The van der Waals surface area contributed by atoms with Crippen LogP contribution in [0.5, 0.6) is 11.5 Å². The molecule has 1 heterocycles. The van der Waals surface area contributed by atoms with Crippen LogP contribution in [0.1, 0.15) is 23.7 Å². The van der Waals surface area contributed by atoms with E-state index in [0.29, 0.717) is 23.7 Å². The number of carbonyl (C=O) groups excluding carboxylic acids is 1. The Bertz CT molecular complexity index is 565. The normalized spacial score (nSPS) is 10.3. The van der Waals surface area contributed by atoms with Crippen molar-refractivity contribution in [3.8, 4) is 11.5 Å². The molecular weight excluding hydrogens is 256 g/mol. The van der Waals surface area contributed by atoms with Gasteiger partial charge in [-0.25, -0.2) is 4.98 Å². The second kappa shape index (κ2) is 6.75. The van der Waals surface area contributed by atoms with Crippen molar-refractivity contribution in [1.82, 2.24) is 9.55 Å². The molecule has 2 aromatic rings. The number of rotatable bonds is 7. The molecule has 0 atom stereocenters. The molecule has 20 heavy (non-hydrogen) atoms. The van der Waals surface area contributed by atoms with Crippen LogP contribution in [0.3, 0.4) is 0 Å². The highest BCUT2D eigenvalue weighted by molar-refractivity contribution is 5.94. The van der Waals surface area contributed by atoms with Gasteiger partial charge in [-0.2, -0.15) is 0 Å². The van der Waals surface area contributed by atoms with Crippen LogP contribution in [0.15, 0.2) is 36.9 Å². The highest BCUT2D eigenvalue weighted by atomic mass is 16.5. The maximum atomic E-state index is 11.3. The third-order valence-electron chi connectivity index (χ3n) is 2.95. The quantitative estimate of drug-likeness (QED) is 0.575. The highest BCUT2D eigenvalue weighted by Crippen LogP contribution is 2.28. The molecule has 0 amide bonds. The summed E-state index contributed by atoms with van der Waals surface area (Å²) in [6.45, 7) is 2.96. The monoisotopic (exact) mass is 274 g/mol. The number of Topliss-reactive ketones (excluding diaryl/α,β-unsaturated/α-hetero) is 1. The standard InChI is InChI=1S/C15H18N2O3/c1-12(18)13-4-5-14(15(10-13)19-2)20-9-3-7-17-8-6-16-11-17/h4-6,8,10-11H,3,7,9H2,1-2H3. The number of hydrogen-bond donors (Lipinski definition) is 0. The Kier molecular flexibility index (Phi) is 4.76. The molecule has 0 N–H and O–H groups in total. The van der Waals surface area contributed by atoms with Crippen LogP contribution in [0.25, 0.3) is 0 Å². The predicted octanol–water partition coefficient (Wildman–Crippen LogP) is 2.56. The van der Waals surface area contributed by atoms with Gasteiger partial charge in [0.25, 0.3) is 0 Å². The predicted molar refractivity (Wildman–Crippen MR) is 75.3 cm³/mol. The van der Waals surface area contributed by atoms with Crippen molar-refractivity contribution in [2.75, 3.05) is 13.7 Å². The number of carbonyl (C=O) groups is 1. The van der Waals surface area contributed by atoms with Gasteiger partial charge in [-0.15, -0.1) is 0 Å². The summed E-state index contributed by atoms with van der Waals surface area (Å²) in [5.74, 6) is 1.25. The lowest BCUT2D eigenvalue weighted by molar-refractivity contribution is 0.101. The highest BCUT2D eigenvalue weighted by Gasteiger charge is 2.08. The fraction of sp³-hybridized carbons (Fsp3) is 0.333. The minimum atomic E-state index is 0.00922. The average molecular weight is 274 g/mol. The van der Waals surface area contributed by atoms with Gasteiger partial charge >= 0.3 is 0 Å². The van der Waals surface area contributed by atoms with Crippen molar-refractivity contribution in [2.45, 2.75) is 19.9 Å². The molecule has 106 valence electrons. The second-order valence-corrected chi connectivity index (χ2v) is 4.42. The van der Waals surface area contributed by atoms with Crippen LogP contribution in [-0.2, 0) is 6.54 Å². The topological polar surface area (TPSA) is 53.4 Å². The van der Waals surface area contributed by atoms with Gasteiger partial charge in [0, 0.05) is 24.5 Å². The number of ether oxygens (including phenoxy) is 2. The van der Waals surface area contributed by atoms with Gasteiger partial charge in [0.15, 0.2) is 17.3 Å². The van der Waals surface area contributed by atoms with Crippen molar-refractivity contribution < 1.29 is 14.3 Å². The van der Waals surface area contributed by atoms with E-state index < -0.39 is 0 Å². The summed E-state index contributed by atoms with van der Waals surface area (Å²) >= 11 is 0. The zero-order valence-electron chi connectivity index (χ0n) is 11.7. The van der Waals surface area contributed by atoms with E-state index in [1.165, 1.54) is 6.92 Å². The van der Waals surface area contributed by atoms with Gasteiger partial charge < -0.3 is 14.0 Å². The van der Waals surface area contributed by atoms with E-state index in [4.69, 9.17) is 9.47 Å². The molecule has 0 saturated heterocycles. The van der Waals surface area contributed by atoms with Crippen LogP contribution < -0.4 is 9.47 Å². The first-order valence-corrected chi connectivity index (χ1v) is 6.48. The maximum Gasteiger partial charge on any atom is 0.161 e. The SMILES string of the molecule is COc1cc(C(C)=O)ccc1OCCCn1ccnc1. The Morgan fingerprint density at radius 3 is 2.85 bits per heavy atom. The Hall–Kier alpha value is -2.30. The third-order valence-corrected chi connectivity index (χ3v) is 2.95. The lowest BCUT2D eigenvalue weighted by Crippen LogP contribution is -2.04. The molecule has 1 aromatic carbocycles.